The van der Waals surface area contributed by atoms with E-state index in [1.54, 1.807) is 19.9 Å². The van der Waals surface area contributed by atoms with Gasteiger partial charge in [0.15, 0.2) is 5.60 Å². The molecule has 2 aromatic heterocycles. The van der Waals surface area contributed by atoms with Gasteiger partial charge in [-0.25, -0.2) is 19.0 Å². The summed E-state index contributed by atoms with van der Waals surface area (Å²) in [5.41, 5.74) is -0.427. The van der Waals surface area contributed by atoms with Crippen molar-refractivity contribution in [1.29, 1.82) is 0 Å². The second kappa shape index (κ2) is 21.2. The van der Waals surface area contributed by atoms with Crippen LogP contribution in [0.2, 0.25) is 0 Å². The van der Waals surface area contributed by atoms with Crippen LogP contribution in [-0.4, -0.2) is 128 Å². The SMILES string of the molecule is CC[C@@]1(O)C(=O)OCc2c1cc1n(c2=O)Cc2c-1nc1cc(F)c(C)c3c1c2[C@@H](NC(=O)C(C)(C)NC(=O)OC(C(=O)N1CCOCC1)c1ccc(NC(=O)[C@H](C)NC(=O)[C@H](C)NC(=O)CCN2C(=O)C=CC2=O)cc1)CC3. The smallest absolute Gasteiger partial charge is 0.409 e. The Morgan fingerprint density at radius 3 is 2.29 bits per heavy atom. The van der Waals surface area contributed by atoms with Crippen LogP contribution < -0.4 is 32.1 Å². The van der Waals surface area contributed by atoms with Crippen LogP contribution in [0.1, 0.15) is 105 Å². The quantitative estimate of drug-likeness (QED) is 0.0646. The third-order valence-corrected chi connectivity index (χ3v) is 14.9. The zero-order valence-corrected chi connectivity index (χ0v) is 43.6. The number of aromatic nitrogens is 2. The number of imide groups is 1. The molecule has 6 N–H and O–H groups in total. The number of ether oxygens (including phenoxy) is 3. The predicted molar refractivity (Wildman–Crippen MR) is 273 cm³/mol. The fourth-order valence-electron chi connectivity index (χ4n) is 10.3. The molecule has 0 radical (unpaired) electrons. The van der Waals surface area contributed by atoms with Crippen LogP contribution in [0.4, 0.5) is 14.9 Å². The third kappa shape index (κ3) is 10.2. The van der Waals surface area contributed by atoms with Gasteiger partial charge in [0.2, 0.25) is 29.7 Å². The number of esters is 1. The molecule has 410 valence electrons. The highest BCUT2D eigenvalue weighted by Gasteiger charge is 2.46. The maximum Gasteiger partial charge on any atom is 0.409 e. The van der Waals surface area contributed by atoms with Gasteiger partial charge in [0, 0.05) is 72.0 Å². The number of carbonyl (C=O) groups is 9. The Morgan fingerprint density at radius 1 is 0.936 bits per heavy atom. The molecule has 4 aromatic rings. The molecule has 6 heterocycles. The van der Waals surface area contributed by atoms with Crippen LogP contribution in [0.5, 0.6) is 0 Å². The Morgan fingerprint density at radius 2 is 1.62 bits per heavy atom. The molecule has 4 aliphatic heterocycles. The van der Waals surface area contributed by atoms with Gasteiger partial charge in [-0.1, -0.05) is 19.1 Å². The molecule has 8 amide bonds. The second-order valence-electron chi connectivity index (χ2n) is 20.4. The van der Waals surface area contributed by atoms with Gasteiger partial charge in [0.05, 0.1) is 48.3 Å². The first-order valence-electron chi connectivity index (χ1n) is 25.5. The van der Waals surface area contributed by atoms with Crippen molar-refractivity contribution < 1.29 is 66.9 Å². The summed E-state index contributed by atoms with van der Waals surface area (Å²) < 4.78 is 33.5. The molecule has 5 aliphatic rings. The molecule has 0 spiro atoms. The zero-order valence-electron chi connectivity index (χ0n) is 43.6. The number of cyclic esters (lactones) is 1. The minimum Gasteiger partial charge on any atom is -0.458 e. The van der Waals surface area contributed by atoms with Gasteiger partial charge >= 0.3 is 12.1 Å². The molecule has 1 unspecified atom stereocenters. The molecule has 0 bridgehead atoms. The number of fused-ring (bicyclic) bond motifs is 5. The lowest BCUT2D eigenvalue weighted by molar-refractivity contribution is -0.172. The summed E-state index contributed by atoms with van der Waals surface area (Å²) >= 11 is 0. The van der Waals surface area contributed by atoms with Crippen molar-refractivity contribution >= 4 is 70.0 Å². The van der Waals surface area contributed by atoms with Crippen molar-refractivity contribution in [1.82, 2.24) is 40.6 Å². The van der Waals surface area contributed by atoms with E-state index in [9.17, 15) is 53.1 Å². The van der Waals surface area contributed by atoms with Crippen LogP contribution in [0.3, 0.4) is 0 Å². The Hall–Kier alpha value is -8.38. The minimum absolute atomic E-state index is 0.00564. The number of carbonyl (C=O) groups excluding carboxylic acids is 9. The summed E-state index contributed by atoms with van der Waals surface area (Å²) in [7, 11) is 0. The van der Waals surface area contributed by atoms with E-state index in [0.717, 1.165) is 17.1 Å². The number of benzene rings is 2. The highest BCUT2D eigenvalue weighted by atomic mass is 19.1. The van der Waals surface area contributed by atoms with Crippen molar-refractivity contribution in [3.8, 4) is 11.4 Å². The summed E-state index contributed by atoms with van der Waals surface area (Å²) in [6.07, 6.45) is -0.135. The second-order valence-corrected chi connectivity index (χ2v) is 20.4. The van der Waals surface area contributed by atoms with E-state index in [1.807, 2.05) is 0 Å². The molecule has 2 aromatic carbocycles. The Balaban J connectivity index is 0.883. The standard InChI is InChI=1S/C54H58FN9O14/c1-7-54(75)34-22-38-44-32(24-64(38)48(70)33(34)25-77-51(54)73)43-36(13-12-31-26(2)35(55)23-37(59-44)42(31)43)60-50(72)53(5,6)61-52(74)78-45(49(71)62-18-20-76-21-19-62)29-8-10-30(11-9-29)58-47(69)28(4)57-46(68)27(3)56-39(65)16-17-63-40(66)14-15-41(63)67/h8-11,14-15,22-23,27-28,36,45,75H,7,12-13,16-21,24-25H2,1-6H3,(H,56,65)(H,57,68)(H,58,69)(H,60,72)(H,61,74)/t27-,28-,36-,45?,54-/m0/s1. The number of aliphatic hydroxyl groups is 1. The first-order valence-corrected chi connectivity index (χ1v) is 25.5. The molecule has 1 aliphatic carbocycles. The van der Waals surface area contributed by atoms with E-state index in [1.165, 1.54) is 67.5 Å². The van der Waals surface area contributed by atoms with E-state index < -0.39 is 100 Å². The van der Waals surface area contributed by atoms with Crippen molar-refractivity contribution in [2.75, 3.05) is 38.2 Å². The van der Waals surface area contributed by atoms with Crippen LogP contribution in [-0.2, 0) is 77.7 Å². The molecule has 0 saturated carbocycles. The fourth-order valence-corrected chi connectivity index (χ4v) is 10.3. The fraction of sp³-hybridized carbons (Fsp3) is 0.426. The molecular formula is C54H58FN9O14. The first-order chi connectivity index (χ1) is 37.0. The number of nitrogens with zero attached hydrogens (tertiary/aromatic N) is 4. The van der Waals surface area contributed by atoms with E-state index in [-0.39, 0.29) is 86.7 Å². The number of alkyl carbamates (subject to hydrolysis) is 1. The summed E-state index contributed by atoms with van der Waals surface area (Å²) in [6, 6.07) is 5.79. The number of pyridine rings is 2. The lowest BCUT2D eigenvalue weighted by Crippen LogP contribution is -2.56. The summed E-state index contributed by atoms with van der Waals surface area (Å²) in [5.74, 6) is -5.61. The van der Waals surface area contributed by atoms with E-state index in [0.29, 0.717) is 51.9 Å². The molecule has 78 heavy (non-hydrogen) atoms. The summed E-state index contributed by atoms with van der Waals surface area (Å²) in [5, 5.41) is 25.4. The largest absolute Gasteiger partial charge is 0.458 e. The maximum atomic E-state index is 15.6. The number of halogens is 1. The van der Waals surface area contributed by atoms with E-state index >= 15 is 4.39 Å². The number of anilines is 1. The van der Waals surface area contributed by atoms with Crippen LogP contribution >= 0.6 is 0 Å². The van der Waals surface area contributed by atoms with Gasteiger partial charge in [-0.2, -0.15) is 0 Å². The van der Waals surface area contributed by atoms with Gasteiger partial charge in [0.25, 0.3) is 23.3 Å². The van der Waals surface area contributed by atoms with Gasteiger partial charge in [-0.3, -0.25) is 43.3 Å². The van der Waals surface area contributed by atoms with Crippen molar-refractivity contribution in [3.63, 3.8) is 0 Å². The van der Waals surface area contributed by atoms with Crippen LogP contribution in [0, 0.1) is 12.7 Å². The number of morpholine rings is 1. The average molecular weight is 1080 g/mol. The molecule has 1 fully saturated rings. The van der Waals surface area contributed by atoms with Crippen LogP contribution in [0.15, 0.2) is 53.3 Å². The average Bonchev–Trinajstić information content (AvgIpc) is 4.10. The highest BCUT2D eigenvalue weighted by Crippen LogP contribution is 2.46. The molecule has 9 rings (SSSR count). The Kier molecular flexibility index (Phi) is 14.8. The summed E-state index contributed by atoms with van der Waals surface area (Å²) in [6.45, 7) is 9.34. The zero-order chi connectivity index (χ0) is 56.1. The van der Waals surface area contributed by atoms with E-state index in [4.69, 9.17) is 19.2 Å². The molecule has 5 atom stereocenters. The van der Waals surface area contributed by atoms with Gasteiger partial charge in [-0.05, 0) is 88.8 Å². The number of amides is 8. The highest BCUT2D eigenvalue weighted by molar-refractivity contribution is 6.13. The Bertz CT molecular complexity index is 3310. The van der Waals surface area contributed by atoms with E-state index in [2.05, 4.69) is 26.6 Å². The molecule has 24 heteroatoms. The third-order valence-electron chi connectivity index (χ3n) is 14.9. The van der Waals surface area contributed by atoms with Crippen molar-refractivity contribution in [2.24, 2.45) is 0 Å². The normalized spacial score (nSPS) is 19.4. The lowest BCUT2D eigenvalue weighted by Gasteiger charge is -2.33. The monoisotopic (exact) mass is 1080 g/mol. The van der Waals surface area contributed by atoms with Crippen LogP contribution in [0.25, 0.3) is 22.3 Å². The number of nitrogens with one attached hydrogen (secondary N) is 5. The lowest BCUT2D eigenvalue weighted by atomic mass is 9.81. The van der Waals surface area contributed by atoms with Gasteiger partial charge in [-0.15, -0.1) is 0 Å². The number of rotatable bonds is 15. The maximum absolute atomic E-state index is 15.6. The van der Waals surface area contributed by atoms with Crippen molar-refractivity contribution in [2.45, 2.75) is 116 Å². The van der Waals surface area contributed by atoms with Gasteiger partial charge in [0.1, 0.15) is 30.0 Å². The van der Waals surface area contributed by atoms with Gasteiger partial charge < -0.3 is 55.4 Å². The minimum atomic E-state index is -2.08. The first kappa shape index (κ1) is 54.4. The summed E-state index contributed by atoms with van der Waals surface area (Å²) in [4.78, 5) is 139. The molecule has 1 saturated heterocycles. The molecule has 23 nitrogen and oxygen atoms in total. The number of aryl methyl sites for hydroxylation is 1. The number of hydrogen-bond acceptors (Lipinski definition) is 15. The van der Waals surface area contributed by atoms with Crippen molar-refractivity contribution in [3.05, 3.63) is 104 Å². The number of hydrogen-bond donors (Lipinski definition) is 6. The molecular weight excluding hydrogens is 1020 g/mol. The topological polar surface area (TPSA) is 303 Å². The Labute approximate surface area is 445 Å². The predicted octanol–water partition coefficient (Wildman–Crippen LogP) is 2.00.